The molecule has 0 fully saturated rings. The van der Waals surface area contributed by atoms with Gasteiger partial charge in [0.2, 0.25) is 5.91 Å². The van der Waals surface area contributed by atoms with Crippen LogP contribution in [0.1, 0.15) is 20.3 Å². The lowest BCUT2D eigenvalue weighted by atomic mass is 10.3. The number of ether oxygens (including phenoxy) is 1. The molecule has 0 aliphatic heterocycles. The first-order chi connectivity index (χ1) is 11.4. The molecule has 24 heavy (non-hydrogen) atoms. The average Bonchev–Trinajstić information content (AvgIpc) is 2.53. The molecule has 134 valence electrons. The number of nitrogens with zero attached hydrogens (tertiary/aromatic N) is 2. The van der Waals surface area contributed by atoms with Crippen LogP contribution in [-0.2, 0) is 4.79 Å². The van der Waals surface area contributed by atoms with Gasteiger partial charge in [-0.3, -0.25) is 4.79 Å². The second-order valence-corrected chi connectivity index (χ2v) is 5.65. The lowest BCUT2D eigenvalue weighted by Crippen LogP contribution is -2.42. The van der Waals surface area contributed by atoms with E-state index in [1.807, 2.05) is 13.8 Å². The Morgan fingerprint density at radius 2 is 2.12 bits per heavy atom. The molecule has 0 aliphatic rings. The lowest BCUT2D eigenvalue weighted by Gasteiger charge is -2.18. The minimum Gasteiger partial charge on any atom is -0.489 e. The van der Waals surface area contributed by atoms with Crippen LogP contribution in [0.3, 0.4) is 0 Å². The number of carbonyl (C=O) groups excluding carboxylic acids is 1. The molecule has 1 rings (SSSR count). The Balaban J connectivity index is 2.53. The molecule has 1 aromatic carbocycles. The molecule has 0 spiro atoms. The predicted octanol–water partition coefficient (Wildman–Crippen LogP) is 1.63. The topological polar surface area (TPSA) is 66.0 Å². The maximum Gasteiger partial charge on any atom is 0.243 e. The number of carbonyl (C=O) groups is 1. The van der Waals surface area contributed by atoms with Crippen molar-refractivity contribution in [1.82, 2.24) is 15.5 Å². The number of halogens is 1. The van der Waals surface area contributed by atoms with Crippen LogP contribution in [0.5, 0.6) is 5.75 Å². The highest BCUT2D eigenvalue weighted by molar-refractivity contribution is 5.84. The van der Waals surface area contributed by atoms with Gasteiger partial charge in [0, 0.05) is 26.7 Å². The molecule has 0 saturated carbocycles. The van der Waals surface area contributed by atoms with Crippen LogP contribution in [0.25, 0.3) is 0 Å². The highest BCUT2D eigenvalue weighted by atomic mass is 19.1. The molecular weight excluding hydrogens is 311 g/mol. The summed E-state index contributed by atoms with van der Waals surface area (Å²) < 4.78 is 18.8. The number of benzene rings is 1. The molecule has 7 heteroatoms. The van der Waals surface area contributed by atoms with Crippen molar-refractivity contribution in [2.24, 2.45) is 4.99 Å². The van der Waals surface area contributed by atoms with Crippen LogP contribution in [0.4, 0.5) is 4.39 Å². The fraction of sp³-hybridized carbons (Fsp3) is 0.529. The van der Waals surface area contributed by atoms with Gasteiger partial charge < -0.3 is 20.3 Å². The molecule has 0 saturated heterocycles. The van der Waals surface area contributed by atoms with Gasteiger partial charge in [0.1, 0.15) is 24.2 Å². The highest BCUT2D eigenvalue weighted by Crippen LogP contribution is 2.13. The van der Waals surface area contributed by atoms with Gasteiger partial charge in [-0.25, -0.2) is 9.38 Å². The minimum absolute atomic E-state index is 0.0725. The number of aliphatic imine (C=N–C) groups is 1. The van der Waals surface area contributed by atoms with Gasteiger partial charge in [0.05, 0.1) is 6.54 Å². The summed E-state index contributed by atoms with van der Waals surface area (Å²) in [6.07, 6.45) is 0.752. The standard InChI is InChI=1S/C17H27FN4O2/c1-5-9-19-17(21-12-16(23)22(3)4)20-11-13(2)24-15-8-6-7-14(18)10-15/h6-8,10,13H,5,9,11-12H2,1-4H3,(H2,19,20,21). The van der Waals surface area contributed by atoms with Crippen molar-refractivity contribution >= 4 is 11.9 Å². The van der Waals surface area contributed by atoms with Crippen molar-refractivity contribution in [2.45, 2.75) is 26.4 Å². The number of nitrogens with one attached hydrogen (secondary N) is 2. The average molecular weight is 338 g/mol. The monoisotopic (exact) mass is 338 g/mol. The first kappa shape index (κ1) is 19.7. The Bertz CT molecular complexity index is 549. The molecule has 0 heterocycles. The van der Waals surface area contributed by atoms with E-state index >= 15 is 0 Å². The fourth-order valence-electron chi connectivity index (χ4n) is 1.76. The van der Waals surface area contributed by atoms with Crippen molar-refractivity contribution in [2.75, 3.05) is 33.7 Å². The van der Waals surface area contributed by atoms with E-state index in [2.05, 4.69) is 15.6 Å². The number of hydrogen-bond donors (Lipinski definition) is 2. The number of likely N-dealkylation sites (N-methyl/N-ethyl adjacent to an activating group) is 1. The summed E-state index contributed by atoms with van der Waals surface area (Å²) in [6.45, 7) is 5.22. The summed E-state index contributed by atoms with van der Waals surface area (Å²) in [5.41, 5.74) is 0. The summed E-state index contributed by atoms with van der Waals surface area (Å²) in [5.74, 6) is 0.632. The summed E-state index contributed by atoms with van der Waals surface area (Å²) in [7, 11) is 3.39. The predicted molar refractivity (Wildman–Crippen MR) is 93.8 cm³/mol. The summed E-state index contributed by atoms with van der Waals surface area (Å²) >= 11 is 0. The van der Waals surface area contributed by atoms with E-state index in [1.165, 1.54) is 17.0 Å². The first-order valence-corrected chi connectivity index (χ1v) is 8.07. The molecular formula is C17H27FN4O2. The zero-order chi connectivity index (χ0) is 17.9. The zero-order valence-electron chi connectivity index (χ0n) is 14.8. The summed E-state index contributed by atoms with van der Waals surface area (Å²) in [5, 5.41) is 6.28. The Labute approximate surface area is 143 Å². The number of guanidine groups is 1. The molecule has 0 bridgehead atoms. The van der Waals surface area contributed by atoms with E-state index in [1.54, 1.807) is 26.2 Å². The third kappa shape index (κ3) is 7.80. The molecule has 0 aromatic heterocycles. The van der Waals surface area contributed by atoms with Crippen molar-refractivity contribution < 1.29 is 13.9 Å². The Hall–Kier alpha value is -2.31. The van der Waals surface area contributed by atoms with E-state index in [0.717, 1.165) is 13.0 Å². The SMILES string of the molecule is CCCNC(=NCC(=O)N(C)C)NCC(C)Oc1cccc(F)c1. The van der Waals surface area contributed by atoms with E-state index in [4.69, 9.17) is 4.74 Å². The fourth-order valence-corrected chi connectivity index (χ4v) is 1.76. The van der Waals surface area contributed by atoms with Gasteiger partial charge in [-0.15, -0.1) is 0 Å². The quantitative estimate of drug-likeness (QED) is 0.558. The van der Waals surface area contributed by atoms with E-state index in [-0.39, 0.29) is 24.4 Å². The van der Waals surface area contributed by atoms with Gasteiger partial charge >= 0.3 is 0 Å². The molecule has 1 unspecified atom stereocenters. The molecule has 2 N–H and O–H groups in total. The zero-order valence-corrected chi connectivity index (χ0v) is 14.8. The lowest BCUT2D eigenvalue weighted by molar-refractivity contribution is -0.127. The summed E-state index contributed by atoms with van der Waals surface area (Å²) in [4.78, 5) is 17.4. The third-order valence-corrected chi connectivity index (χ3v) is 3.10. The Morgan fingerprint density at radius 3 is 2.75 bits per heavy atom. The molecule has 6 nitrogen and oxygen atoms in total. The van der Waals surface area contributed by atoms with E-state index < -0.39 is 0 Å². The van der Waals surface area contributed by atoms with Crippen molar-refractivity contribution in [1.29, 1.82) is 0 Å². The van der Waals surface area contributed by atoms with Crippen molar-refractivity contribution in [3.05, 3.63) is 30.1 Å². The van der Waals surface area contributed by atoms with Gasteiger partial charge in [-0.05, 0) is 25.5 Å². The molecule has 0 aliphatic carbocycles. The van der Waals surface area contributed by atoms with Crippen LogP contribution in [0.2, 0.25) is 0 Å². The normalized spacial score (nSPS) is 12.5. The van der Waals surface area contributed by atoms with Crippen LogP contribution >= 0.6 is 0 Å². The largest absolute Gasteiger partial charge is 0.489 e. The maximum atomic E-state index is 13.2. The maximum absolute atomic E-state index is 13.2. The second-order valence-electron chi connectivity index (χ2n) is 5.65. The molecule has 1 atom stereocenters. The first-order valence-electron chi connectivity index (χ1n) is 8.07. The van der Waals surface area contributed by atoms with E-state index in [9.17, 15) is 9.18 Å². The molecule has 0 radical (unpaired) electrons. The number of hydrogen-bond acceptors (Lipinski definition) is 3. The van der Waals surface area contributed by atoms with Crippen molar-refractivity contribution in [3.63, 3.8) is 0 Å². The molecule has 1 aromatic rings. The minimum atomic E-state index is -0.332. The second kappa shape index (κ2) is 10.5. The van der Waals surface area contributed by atoms with Crippen LogP contribution in [0.15, 0.2) is 29.3 Å². The van der Waals surface area contributed by atoms with Gasteiger partial charge in [0.25, 0.3) is 0 Å². The van der Waals surface area contributed by atoms with E-state index in [0.29, 0.717) is 18.3 Å². The van der Waals surface area contributed by atoms with Crippen LogP contribution < -0.4 is 15.4 Å². The van der Waals surface area contributed by atoms with Crippen molar-refractivity contribution in [3.8, 4) is 5.75 Å². The molecule has 1 amide bonds. The van der Waals surface area contributed by atoms with Gasteiger partial charge in [0.15, 0.2) is 5.96 Å². The van der Waals surface area contributed by atoms with Gasteiger partial charge in [-0.2, -0.15) is 0 Å². The smallest absolute Gasteiger partial charge is 0.243 e. The van der Waals surface area contributed by atoms with Crippen LogP contribution in [-0.4, -0.2) is 56.6 Å². The number of amides is 1. The Kier molecular flexibility index (Phi) is 8.60. The summed E-state index contributed by atoms with van der Waals surface area (Å²) in [6, 6.07) is 6.03. The third-order valence-electron chi connectivity index (χ3n) is 3.10. The number of rotatable bonds is 8. The Morgan fingerprint density at radius 1 is 1.38 bits per heavy atom. The highest BCUT2D eigenvalue weighted by Gasteiger charge is 2.08. The van der Waals surface area contributed by atoms with Crippen LogP contribution in [0, 0.1) is 5.82 Å². The van der Waals surface area contributed by atoms with Gasteiger partial charge in [-0.1, -0.05) is 13.0 Å².